The molecule has 3 aromatic rings. The van der Waals surface area contributed by atoms with Crippen molar-refractivity contribution in [2.75, 3.05) is 5.32 Å². The van der Waals surface area contributed by atoms with E-state index in [-0.39, 0.29) is 12.1 Å². The van der Waals surface area contributed by atoms with Gasteiger partial charge in [0, 0.05) is 12.2 Å². The number of carbonyl (C=O) groups excluding carboxylic acids is 1. The van der Waals surface area contributed by atoms with Crippen molar-refractivity contribution in [2.45, 2.75) is 19.6 Å². The first kappa shape index (κ1) is 15.0. The zero-order chi connectivity index (χ0) is 16.5. The second-order valence-electron chi connectivity index (χ2n) is 5.98. The number of hydrogen-bond acceptors (Lipinski definition) is 3. The molecule has 1 atom stereocenters. The highest BCUT2D eigenvalue weighted by Gasteiger charge is 2.34. The van der Waals surface area contributed by atoms with Gasteiger partial charge in [-0.05, 0) is 41.6 Å². The normalized spacial score (nSPS) is 16.6. The van der Waals surface area contributed by atoms with E-state index in [1.165, 1.54) is 10.4 Å². The average molecular weight is 334 g/mol. The summed E-state index contributed by atoms with van der Waals surface area (Å²) in [7, 11) is 0. The van der Waals surface area contributed by atoms with Crippen LogP contribution in [0.5, 0.6) is 0 Å². The molecule has 2 heterocycles. The van der Waals surface area contributed by atoms with E-state index in [4.69, 9.17) is 0 Å². The third-order valence-electron chi connectivity index (χ3n) is 4.37. The summed E-state index contributed by atoms with van der Waals surface area (Å²) in [6.45, 7) is 2.68. The maximum Gasteiger partial charge on any atom is 0.258 e. The lowest BCUT2D eigenvalue weighted by Gasteiger charge is -2.38. The lowest BCUT2D eigenvalue weighted by molar-refractivity contribution is 0.0669. The van der Waals surface area contributed by atoms with E-state index < -0.39 is 0 Å². The van der Waals surface area contributed by atoms with Crippen molar-refractivity contribution >= 4 is 22.9 Å². The minimum absolute atomic E-state index is 0.0750. The van der Waals surface area contributed by atoms with Crippen molar-refractivity contribution in [2.24, 2.45) is 0 Å². The molecular formula is C20H18N2OS. The fraction of sp³-hybridized carbons (Fsp3) is 0.150. The maximum atomic E-state index is 13.1. The molecule has 3 nitrogen and oxygen atoms in total. The average Bonchev–Trinajstić information content (AvgIpc) is 3.04. The molecule has 0 saturated heterocycles. The molecule has 1 aromatic heterocycles. The minimum Gasteiger partial charge on any atom is -0.360 e. The van der Waals surface area contributed by atoms with Gasteiger partial charge in [-0.25, -0.2) is 0 Å². The number of anilines is 1. The summed E-state index contributed by atoms with van der Waals surface area (Å²) < 4.78 is 0. The summed E-state index contributed by atoms with van der Waals surface area (Å²) in [6.07, 6.45) is -0.132. The Hall–Kier alpha value is -2.59. The van der Waals surface area contributed by atoms with E-state index in [1.54, 1.807) is 11.3 Å². The number of benzene rings is 2. The van der Waals surface area contributed by atoms with E-state index in [1.807, 2.05) is 47.4 Å². The minimum atomic E-state index is -0.132. The number of rotatable bonds is 3. The predicted octanol–water partition coefficient (Wildman–Crippen LogP) is 4.82. The van der Waals surface area contributed by atoms with Gasteiger partial charge in [-0.1, -0.05) is 42.5 Å². The molecule has 1 amide bonds. The van der Waals surface area contributed by atoms with Crippen LogP contribution in [0.1, 0.15) is 32.5 Å². The third kappa shape index (κ3) is 2.59. The lowest BCUT2D eigenvalue weighted by Crippen LogP contribution is -2.42. The summed E-state index contributed by atoms with van der Waals surface area (Å²) >= 11 is 1.69. The lowest BCUT2D eigenvalue weighted by atomic mass is 10.0. The van der Waals surface area contributed by atoms with Crippen LogP contribution in [0.25, 0.3) is 0 Å². The molecule has 24 heavy (non-hydrogen) atoms. The third-order valence-corrected chi connectivity index (χ3v) is 5.44. The Bertz CT molecular complexity index is 872. The molecule has 120 valence electrons. The second-order valence-corrected chi connectivity index (χ2v) is 6.93. The van der Waals surface area contributed by atoms with Gasteiger partial charge in [0.1, 0.15) is 6.17 Å². The van der Waals surface area contributed by atoms with Crippen LogP contribution in [0.4, 0.5) is 5.69 Å². The van der Waals surface area contributed by atoms with E-state index in [9.17, 15) is 4.79 Å². The summed E-state index contributed by atoms with van der Waals surface area (Å²) in [4.78, 5) is 16.2. The van der Waals surface area contributed by atoms with Crippen LogP contribution in [-0.4, -0.2) is 10.8 Å². The Labute approximate surface area is 145 Å². The standard InChI is InChI=1S/C20H18N2OS/c1-14-11-12-24-18(14)19-21-17-10-6-5-9-16(17)20(23)22(19)13-15-7-3-2-4-8-15/h2-12,19,21H,13H2,1H3/t19-/m1/s1. The number of thiophene rings is 1. The molecule has 0 aliphatic carbocycles. The van der Waals surface area contributed by atoms with Crippen molar-refractivity contribution < 1.29 is 4.79 Å². The van der Waals surface area contributed by atoms with Gasteiger partial charge in [-0.3, -0.25) is 4.79 Å². The van der Waals surface area contributed by atoms with Crippen molar-refractivity contribution in [1.82, 2.24) is 4.90 Å². The highest BCUT2D eigenvalue weighted by Crippen LogP contribution is 2.37. The largest absolute Gasteiger partial charge is 0.360 e. The van der Waals surface area contributed by atoms with Crippen LogP contribution < -0.4 is 5.32 Å². The molecule has 1 N–H and O–H groups in total. The van der Waals surface area contributed by atoms with Crippen LogP contribution in [-0.2, 0) is 6.54 Å². The fourth-order valence-corrected chi connectivity index (χ4v) is 4.10. The van der Waals surface area contributed by atoms with Crippen LogP contribution in [0, 0.1) is 6.92 Å². The molecule has 0 spiro atoms. The van der Waals surface area contributed by atoms with Crippen molar-refractivity contribution in [3.8, 4) is 0 Å². The van der Waals surface area contributed by atoms with Crippen molar-refractivity contribution in [3.63, 3.8) is 0 Å². The number of hydrogen-bond donors (Lipinski definition) is 1. The molecule has 1 aliphatic rings. The Morgan fingerprint density at radius 1 is 1.04 bits per heavy atom. The Kier molecular flexibility index (Phi) is 3.82. The Morgan fingerprint density at radius 3 is 2.54 bits per heavy atom. The molecule has 4 heteroatoms. The number of carbonyl (C=O) groups is 1. The molecule has 0 fully saturated rings. The number of nitrogens with one attached hydrogen (secondary N) is 1. The zero-order valence-corrected chi connectivity index (χ0v) is 14.2. The quantitative estimate of drug-likeness (QED) is 0.744. The summed E-state index contributed by atoms with van der Waals surface area (Å²) in [5.41, 5.74) is 3.98. The Balaban J connectivity index is 1.77. The van der Waals surface area contributed by atoms with Crippen LogP contribution >= 0.6 is 11.3 Å². The summed E-state index contributed by atoms with van der Waals surface area (Å²) in [5, 5.41) is 5.64. The molecule has 2 aromatic carbocycles. The van der Waals surface area contributed by atoms with E-state index in [0.29, 0.717) is 6.54 Å². The van der Waals surface area contributed by atoms with Crippen LogP contribution in [0.2, 0.25) is 0 Å². The Morgan fingerprint density at radius 2 is 1.79 bits per heavy atom. The fourth-order valence-electron chi connectivity index (χ4n) is 3.11. The maximum absolute atomic E-state index is 13.1. The first-order chi connectivity index (χ1) is 11.7. The highest BCUT2D eigenvalue weighted by atomic mass is 32.1. The smallest absolute Gasteiger partial charge is 0.258 e. The molecule has 0 unspecified atom stereocenters. The van der Waals surface area contributed by atoms with Crippen LogP contribution in [0.3, 0.4) is 0 Å². The molecule has 0 radical (unpaired) electrons. The van der Waals surface area contributed by atoms with Crippen molar-refractivity contribution in [3.05, 3.63) is 87.6 Å². The number of aryl methyl sites for hydroxylation is 1. The SMILES string of the molecule is Cc1ccsc1[C@@H]1Nc2ccccc2C(=O)N1Cc1ccccc1. The molecule has 0 saturated carbocycles. The van der Waals surface area contributed by atoms with Gasteiger partial charge in [0.15, 0.2) is 0 Å². The first-order valence-corrected chi connectivity index (χ1v) is 8.86. The predicted molar refractivity (Wildman–Crippen MR) is 98.2 cm³/mol. The molecule has 1 aliphatic heterocycles. The first-order valence-electron chi connectivity index (χ1n) is 7.98. The summed E-state index contributed by atoms with van der Waals surface area (Å²) in [5.74, 6) is 0.0750. The number of amides is 1. The van der Waals surface area contributed by atoms with E-state index in [2.05, 4.69) is 35.8 Å². The van der Waals surface area contributed by atoms with Crippen LogP contribution in [0.15, 0.2) is 66.0 Å². The molecule has 0 bridgehead atoms. The van der Waals surface area contributed by atoms with Gasteiger partial charge in [0.2, 0.25) is 0 Å². The van der Waals surface area contributed by atoms with Crippen molar-refractivity contribution in [1.29, 1.82) is 0 Å². The van der Waals surface area contributed by atoms with Gasteiger partial charge < -0.3 is 10.2 Å². The van der Waals surface area contributed by atoms with Gasteiger partial charge in [0.25, 0.3) is 5.91 Å². The molecule has 4 rings (SSSR count). The monoisotopic (exact) mass is 334 g/mol. The van der Waals surface area contributed by atoms with Gasteiger partial charge >= 0.3 is 0 Å². The van der Waals surface area contributed by atoms with Gasteiger partial charge in [-0.15, -0.1) is 11.3 Å². The van der Waals surface area contributed by atoms with Gasteiger partial charge in [0.05, 0.1) is 10.4 Å². The zero-order valence-electron chi connectivity index (χ0n) is 13.4. The molecular weight excluding hydrogens is 316 g/mol. The van der Waals surface area contributed by atoms with E-state index in [0.717, 1.165) is 16.8 Å². The van der Waals surface area contributed by atoms with E-state index >= 15 is 0 Å². The van der Waals surface area contributed by atoms with Gasteiger partial charge in [-0.2, -0.15) is 0 Å². The second kappa shape index (κ2) is 6.13. The number of nitrogens with zero attached hydrogens (tertiary/aromatic N) is 1. The number of fused-ring (bicyclic) bond motifs is 1. The number of para-hydroxylation sites is 1. The summed E-state index contributed by atoms with van der Waals surface area (Å²) in [6, 6.07) is 20.0. The highest BCUT2D eigenvalue weighted by molar-refractivity contribution is 7.10. The topological polar surface area (TPSA) is 32.3 Å².